The molecule has 0 radical (unpaired) electrons. The van der Waals surface area contributed by atoms with Gasteiger partial charge in [-0.1, -0.05) is 48.5 Å². The van der Waals surface area contributed by atoms with E-state index < -0.39 is 0 Å². The second-order valence-corrected chi connectivity index (χ2v) is 4.65. The van der Waals surface area contributed by atoms with Crippen LogP contribution in [0.1, 0.15) is 5.56 Å². The Hall–Kier alpha value is -2.81. The standard InChI is InChI=1S/C17H15N3/c18-17(19)13-7-3-8-14(11-13)20-16-10-4-6-12-5-1-2-9-15(12)16/h1-11,20H,(H3,18,19). The molecule has 98 valence electrons. The fourth-order valence-electron chi connectivity index (χ4n) is 2.25. The highest BCUT2D eigenvalue weighted by Gasteiger charge is 2.02. The van der Waals surface area contributed by atoms with Crippen LogP contribution in [0.3, 0.4) is 0 Å². The molecular weight excluding hydrogens is 246 g/mol. The zero-order valence-electron chi connectivity index (χ0n) is 10.9. The van der Waals surface area contributed by atoms with Gasteiger partial charge in [0.05, 0.1) is 0 Å². The van der Waals surface area contributed by atoms with Crippen molar-refractivity contribution in [3.05, 3.63) is 72.3 Å². The summed E-state index contributed by atoms with van der Waals surface area (Å²) in [6.07, 6.45) is 0. The van der Waals surface area contributed by atoms with Crippen LogP contribution in [-0.4, -0.2) is 5.84 Å². The second-order valence-electron chi connectivity index (χ2n) is 4.65. The molecule has 3 nitrogen and oxygen atoms in total. The third-order valence-corrected chi connectivity index (χ3v) is 3.24. The van der Waals surface area contributed by atoms with Crippen molar-refractivity contribution in [1.82, 2.24) is 0 Å². The largest absolute Gasteiger partial charge is 0.384 e. The summed E-state index contributed by atoms with van der Waals surface area (Å²) in [5.41, 5.74) is 8.21. The van der Waals surface area contributed by atoms with E-state index in [9.17, 15) is 0 Å². The first kappa shape index (κ1) is 12.2. The van der Waals surface area contributed by atoms with Crippen molar-refractivity contribution in [2.24, 2.45) is 5.73 Å². The first-order chi connectivity index (χ1) is 9.74. The number of rotatable bonds is 3. The molecule has 0 aliphatic carbocycles. The molecule has 3 heteroatoms. The van der Waals surface area contributed by atoms with E-state index in [2.05, 4.69) is 23.5 Å². The minimum Gasteiger partial charge on any atom is -0.384 e. The lowest BCUT2D eigenvalue weighted by atomic mass is 10.1. The van der Waals surface area contributed by atoms with Gasteiger partial charge in [-0.05, 0) is 23.6 Å². The number of hydrogen-bond donors (Lipinski definition) is 3. The van der Waals surface area contributed by atoms with Gasteiger partial charge in [0.15, 0.2) is 0 Å². The van der Waals surface area contributed by atoms with Crippen LogP contribution < -0.4 is 11.1 Å². The lowest BCUT2D eigenvalue weighted by Gasteiger charge is -2.10. The summed E-state index contributed by atoms with van der Waals surface area (Å²) in [6.45, 7) is 0. The summed E-state index contributed by atoms with van der Waals surface area (Å²) in [6, 6.07) is 22.0. The lowest BCUT2D eigenvalue weighted by molar-refractivity contribution is 1.42. The molecule has 0 unspecified atom stereocenters. The number of fused-ring (bicyclic) bond motifs is 1. The summed E-state index contributed by atoms with van der Waals surface area (Å²) < 4.78 is 0. The zero-order valence-corrected chi connectivity index (χ0v) is 10.9. The van der Waals surface area contributed by atoms with Crippen molar-refractivity contribution in [3.8, 4) is 0 Å². The fourth-order valence-corrected chi connectivity index (χ4v) is 2.25. The van der Waals surface area contributed by atoms with Gasteiger partial charge in [-0.15, -0.1) is 0 Å². The van der Waals surface area contributed by atoms with E-state index in [1.807, 2.05) is 48.5 Å². The average Bonchev–Trinajstić information content (AvgIpc) is 2.48. The maximum Gasteiger partial charge on any atom is 0.122 e. The van der Waals surface area contributed by atoms with Gasteiger partial charge >= 0.3 is 0 Å². The van der Waals surface area contributed by atoms with Crippen molar-refractivity contribution >= 4 is 28.0 Å². The predicted molar refractivity (Wildman–Crippen MR) is 84.7 cm³/mol. The SMILES string of the molecule is N=C(N)c1cccc(Nc2cccc3ccccc23)c1. The van der Waals surface area contributed by atoms with Crippen molar-refractivity contribution in [1.29, 1.82) is 5.41 Å². The van der Waals surface area contributed by atoms with Gasteiger partial charge < -0.3 is 11.1 Å². The highest BCUT2D eigenvalue weighted by atomic mass is 14.9. The van der Waals surface area contributed by atoms with Crippen LogP contribution in [0.15, 0.2) is 66.7 Å². The Bertz CT molecular complexity index is 773. The molecule has 0 saturated carbocycles. The number of nitrogens with one attached hydrogen (secondary N) is 2. The highest BCUT2D eigenvalue weighted by Crippen LogP contribution is 2.26. The van der Waals surface area contributed by atoms with Gasteiger partial charge in [-0.25, -0.2) is 0 Å². The van der Waals surface area contributed by atoms with Crippen molar-refractivity contribution < 1.29 is 0 Å². The molecule has 0 bridgehead atoms. The van der Waals surface area contributed by atoms with Crippen molar-refractivity contribution in [2.75, 3.05) is 5.32 Å². The minimum absolute atomic E-state index is 0.0755. The Labute approximate surface area is 117 Å². The zero-order chi connectivity index (χ0) is 13.9. The average molecular weight is 261 g/mol. The van der Waals surface area contributed by atoms with Crippen LogP contribution in [0.4, 0.5) is 11.4 Å². The normalized spacial score (nSPS) is 10.4. The third-order valence-electron chi connectivity index (χ3n) is 3.24. The summed E-state index contributed by atoms with van der Waals surface area (Å²) >= 11 is 0. The topological polar surface area (TPSA) is 61.9 Å². The molecule has 3 aromatic carbocycles. The summed E-state index contributed by atoms with van der Waals surface area (Å²) in [5.74, 6) is 0.0755. The van der Waals surface area contributed by atoms with Crippen LogP contribution in [0.25, 0.3) is 10.8 Å². The molecule has 0 aromatic heterocycles. The van der Waals surface area contributed by atoms with Crippen molar-refractivity contribution in [3.63, 3.8) is 0 Å². The predicted octanol–water partition coefficient (Wildman–Crippen LogP) is 3.87. The van der Waals surface area contributed by atoms with Gasteiger partial charge in [-0.2, -0.15) is 0 Å². The first-order valence-corrected chi connectivity index (χ1v) is 6.43. The number of anilines is 2. The van der Waals surface area contributed by atoms with Crippen LogP contribution >= 0.6 is 0 Å². The number of hydrogen-bond acceptors (Lipinski definition) is 2. The first-order valence-electron chi connectivity index (χ1n) is 6.43. The van der Waals surface area contributed by atoms with E-state index in [1.165, 1.54) is 10.8 Å². The molecule has 0 atom stereocenters. The number of benzene rings is 3. The molecule has 20 heavy (non-hydrogen) atoms. The molecule has 4 N–H and O–H groups in total. The molecule has 0 aliphatic rings. The Morgan fingerprint density at radius 3 is 2.50 bits per heavy atom. The van der Waals surface area contributed by atoms with E-state index in [0.29, 0.717) is 0 Å². The minimum atomic E-state index is 0.0755. The summed E-state index contributed by atoms with van der Waals surface area (Å²) in [7, 11) is 0. The molecular formula is C17H15N3. The number of nitrogen functional groups attached to an aromatic ring is 1. The Balaban J connectivity index is 2.01. The Morgan fingerprint density at radius 1 is 0.900 bits per heavy atom. The molecule has 0 fully saturated rings. The summed E-state index contributed by atoms with van der Waals surface area (Å²) in [5, 5.41) is 13.2. The van der Waals surface area contributed by atoms with Gasteiger partial charge in [-0.3, -0.25) is 5.41 Å². The molecule has 0 spiro atoms. The van der Waals surface area contributed by atoms with E-state index in [4.69, 9.17) is 11.1 Å². The Morgan fingerprint density at radius 2 is 1.65 bits per heavy atom. The van der Waals surface area contributed by atoms with E-state index in [1.54, 1.807) is 0 Å². The highest BCUT2D eigenvalue weighted by molar-refractivity contribution is 5.97. The monoisotopic (exact) mass is 261 g/mol. The Kier molecular flexibility index (Phi) is 3.09. The van der Waals surface area contributed by atoms with Crippen LogP contribution in [0.2, 0.25) is 0 Å². The van der Waals surface area contributed by atoms with E-state index in [0.717, 1.165) is 16.9 Å². The number of amidine groups is 1. The van der Waals surface area contributed by atoms with Gasteiger partial charge in [0.25, 0.3) is 0 Å². The fraction of sp³-hybridized carbons (Fsp3) is 0. The maximum absolute atomic E-state index is 7.49. The third kappa shape index (κ3) is 2.34. The second kappa shape index (κ2) is 5.05. The molecule has 0 saturated heterocycles. The van der Waals surface area contributed by atoms with E-state index in [-0.39, 0.29) is 5.84 Å². The maximum atomic E-state index is 7.49. The summed E-state index contributed by atoms with van der Waals surface area (Å²) in [4.78, 5) is 0. The van der Waals surface area contributed by atoms with Gasteiger partial charge in [0.1, 0.15) is 5.84 Å². The number of nitrogens with two attached hydrogens (primary N) is 1. The van der Waals surface area contributed by atoms with Crippen LogP contribution in [0, 0.1) is 5.41 Å². The molecule has 3 rings (SSSR count). The van der Waals surface area contributed by atoms with E-state index >= 15 is 0 Å². The van der Waals surface area contributed by atoms with Crippen molar-refractivity contribution in [2.45, 2.75) is 0 Å². The van der Waals surface area contributed by atoms with Gasteiger partial charge in [0, 0.05) is 22.3 Å². The van der Waals surface area contributed by atoms with Gasteiger partial charge in [0.2, 0.25) is 0 Å². The lowest BCUT2D eigenvalue weighted by Crippen LogP contribution is -2.10. The van der Waals surface area contributed by atoms with Crippen LogP contribution in [-0.2, 0) is 0 Å². The molecule has 3 aromatic rings. The molecule has 0 aliphatic heterocycles. The quantitative estimate of drug-likeness (QED) is 0.495. The van der Waals surface area contributed by atoms with Crippen LogP contribution in [0.5, 0.6) is 0 Å². The smallest absolute Gasteiger partial charge is 0.122 e. The molecule has 0 heterocycles. The molecule has 0 amide bonds.